The number of carbonyl (C=O) groups is 1. The minimum absolute atomic E-state index is 0.105. The molecule has 1 aliphatic heterocycles. The quantitative estimate of drug-likeness (QED) is 0.791. The van der Waals surface area contributed by atoms with Crippen LogP contribution in [0.4, 0.5) is 10.5 Å². The topological polar surface area (TPSA) is 84.2 Å². The largest absolute Gasteiger partial charge is 0.444 e. The fraction of sp³-hybridized carbons (Fsp3) is 0.600. The molecule has 0 aromatic carbocycles. The van der Waals surface area contributed by atoms with Crippen LogP contribution in [-0.2, 0) is 4.74 Å². The predicted octanol–water partition coefficient (Wildman–Crippen LogP) is 0.701. The second-order valence-corrected chi connectivity index (χ2v) is 3.98. The molecule has 1 aromatic heterocycles. The van der Waals surface area contributed by atoms with Gasteiger partial charge in [-0.25, -0.2) is 4.79 Å². The van der Waals surface area contributed by atoms with Crippen LogP contribution in [0, 0.1) is 13.8 Å². The number of hydrogen-bond donors (Lipinski definition) is 2. The van der Waals surface area contributed by atoms with Gasteiger partial charge < -0.3 is 10.5 Å². The minimum Gasteiger partial charge on any atom is -0.444 e. The Labute approximate surface area is 93.8 Å². The highest BCUT2D eigenvalue weighted by Crippen LogP contribution is 2.27. The third-order valence-electron chi connectivity index (χ3n) is 2.72. The van der Waals surface area contributed by atoms with Crippen molar-refractivity contribution in [1.29, 1.82) is 0 Å². The van der Waals surface area contributed by atoms with Crippen molar-refractivity contribution in [3.63, 3.8) is 0 Å². The molecule has 1 fully saturated rings. The molecule has 1 atom stereocenters. The van der Waals surface area contributed by atoms with Crippen molar-refractivity contribution in [3.8, 4) is 0 Å². The molecule has 0 spiro atoms. The van der Waals surface area contributed by atoms with Crippen LogP contribution in [0.25, 0.3) is 0 Å². The molecule has 1 aromatic rings. The maximum absolute atomic E-state index is 11.7. The van der Waals surface area contributed by atoms with Crippen LogP contribution in [0.1, 0.15) is 17.8 Å². The number of aromatic nitrogens is 2. The van der Waals surface area contributed by atoms with Crippen LogP contribution < -0.4 is 10.6 Å². The number of nitrogens with two attached hydrogens (primary N) is 1. The van der Waals surface area contributed by atoms with Crippen molar-refractivity contribution in [1.82, 2.24) is 10.2 Å². The fourth-order valence-corrected chi connectivity index (χ4v) is 1.98. The van der Waals surface area contributed by atoms with Gasteiger partial charge in [0.2, 0.25) is 0 Å². The summed E-state index contributed by atoms with van der Waals surface area (Å²) in [6, 6.07) is 0. The number of rotatable bonds is 3. The number of carbonyl (C=O) groups excluding carboxylic acids is 1. The Balaban J connectivity index is 2.20. The summed E-state index contributed by atoms with van der Waals surface area (Å²) in [4.78, 5) is 13.3. The lowest BCUT2D eigenvalue weighted by Gasteiger charge is -2.12. The highest BCUT2D eigenvalue weighted by Gasteiger charge is 2.34. The molecule has 0 saturated carbocycles. The van der Waals surface area contributed by atoms with E-state index in [9.17, 15) is 4.79 Å². The standard InChI is InChI=1S/C10H16N4O2/c1-6-9(7(2)13-12-6)14-5-8(3-4-11)16-10(14)15/h8H,3-5,11H2,1-2H3,(H,12,13). The number of H-pyrrole nitrogens is 1. The van der Waals surface area contributed by atoms with Gasteiger partial charge in [-0.2, -0.15) is 5.10 Å². The average Bonchev–Trinajstić information content (AvgIpc) is 2.72. The maximum Gasteiger partial charge on any atom is 0.414 e. The highest BCUT2D eigenvalue weighted by molar-refractivity contribution is 5.91. The zero-order chi connectivity index (χ0) is 11.7. The lowest BCUT2D eigenvalue weighted by molar-refractivity contribution is 0.138. The molecule has 16 heavy (non-hydrogen) atoms. The van der Waals surface area contributed by atoms with E-state index in [1.54, 1.807) is 4.90 Å². The van der Waals surface area contributed by atoms with Crippen molar-refractivity contribution >= 4 is 11.8 Å². The van der Waals surface area contributed by atoms with Gasteiger partial charge in [0.15, 0.2) is 0 Å². The number of ether oxygens (including phenoxy) is 1. The molecular formula is C10H16N4O2. The van der Waals surface area contributed by atoms with Gasteiger partial charge in [-0.3, -0.25) is 10.00 Å². The minimum atomic E-state index is -0.314. The second kappa shape index (κ2) is 4.13. The molecule has 0 bridgehead atoms. The first-order valence-electron chi connectivity index (χ1n) is 5.33. The number of amides is 1. The number of aromatic amines is 1. The normalized spacial score (nSPS) is 20.3. The van der Waals surface area contributed by atoms with Gasteiger partial charge in [0.25, 0.3) is 0 Å². The van der Waals surface area contributed by atoms with Crippen LogP contribution >= 0.6 is 0 Å². The number of nitrogens with one attached hydrogen (secondary N) is 1. The van der Waals surface area contributed by atoms with Crippen molar-refractivity contribution < 1.29 is 9.53 Å². The molecule has 1 amide bonds. The second-order valence-electron chi connectivity index (χ2n) is 3.98. The molecule has 3 N–H and O–H groups in total. The van der Waals surface area contributed by atoms with Crippen LogP contribution in [0.3, 0.4) is 0 Å². The van der Waals surface area contributed by atoms with Gasteiger partial charge in [0.1, 0.15) is 6.10 Å². The summed E-state index contributed by atoms with van der Waals surface area (Å²) in [5, 5.41) is 6.92. The summed E-state index contributed by atoms with van der Waals surface area (Å²) >= 11 is 0. The fourth-order valence-electron chi connectivity index (χ4n) is 1.98. The van der Waals surface area contributed by atoms with Crippen molar-refractivity contribution in [2.45, 2.75) is 26.4 Å². The molecule has 6 nitrogen and oxygen atoms in total. The first kappa shape index (κ1) is 10.9. The van der Waals surface area contributed by atoms with Gasteiger partial charge in [-0.05, 0) is 26.8 Å². The van der Waals surface area contributed by atoms with Gasteiger partial charge >= 0.3 is 6.09 Å². The number of hydrogen-bond acceptors (Lipinski definition) is 4. The van der Waals surface area contributed by atoms with Gasteiger partial charge in [-0.1, -0.05) is 0 Å². The third-order valence-corrected chi connectivity index (χ3v) is 2.72. The van der Waals surface area contributed by atoms with Crippen LogP contribution in [-0.4, -0.2) is 35.5 Å². The molecule has 6 heteroatoms. The van der Waals surface area contributed by atoms with E-state index in [-0.39, 0.29) is 12.2 Å². The van der Waals surface area contributed by atoms with Crippen LogP contribution in [0.2, 0.25) is 0 Å². The Kier molecular flexibility index (Phi) is 2.82. The summed E-state index contributed by atoms with van der Waals surface area (Å²) in [5.41, 5.74) is 7.96. The Morgan fingerprint density at radius 3 is 2.94 bits per heavy atom. The molecule has 0 radical (unpaired) electrons. The molecule has 0 aliphatic carbocycles. The molecule has 1 saturated heterocycles. The van der Waals surface area contributed by atoms with E-state index in [4.69, 9.17) is 10.5 Å². The SMILES string of the molecule is Cc1n[nH]c(C)c1N1CC(CCN)OC1=O. The molecule has 2 heterocycles. The maximum atomic E-state index is 11.7. The van der Waals surface area contributed by atoms with E-state index in [0.29, 0.717) is 19.5 Å². The van der Waals surface area contributed by atoms with E-state index in [1.807, 2.05) is 13.8 Å². The van der Waals surface area contributed by atoms with E-state index in [0.717, 1.165) is 17.1 Å². The van der Waals surface area contributed by atoms with Gasteiger partial charge in [0.05, 0.1) is 23.6 Å². The summed E-state index contributed by atoms with van der Waals surface area (Å²) in [6.07, 6.45) is 0.273. The zero-order valence-electron chi connectivity index (χ0n) is 9.49. The number of anilines is 1. The first-order valence-corrected chi connectivity index (χ1v) is 5.33. The molecule has 2 rings (SSSR count). The Bertz CT molecular complexity index is 382. The monoisotopic (exact) mass is 224 g/mol. The molecular weight excluding hydrogens is 208 g/mol. The zero-order valence-corrected chi connectivity index (χ0v) is 9.49. The third kappa shape index (κ3) is 1.76. The van der Waals surface area contributed by atoms with E-state index in [2.05, 4.69) is 10.2 Å². The van der Waals surface area contributed by atoms with Gasteiger partial charge in [-0.15, -0.1) is 0 Å². The highest BCUT2D eigenvalue weighted by atomic mass is 16.6. The van der Waals surface area contributed by atoms with Crippen molar-refractivity contribution in [2.24, 2.45) is 5.73 Å². The van der Waals surface area contributed by atoms with E-state index >= 15 is 0 Å². The summed E-state index contributed by atoms with van der Waals surface area (Å²) in [6.45, 7) is 4.83. The lowest BCUT2D eigenvalue weighted by Crippen LogP contribution is -2.26. The Morgan fingerprint density at radius 1 is 1.62 bits per heavy atom. The van der Waals surface area contributed by atoms with Crippen molar-refractivity contribution in [2.75, 3.05) is 18.0 Å². The molecule has 88 valence electrons. The molecule has 1 aliphatic rings. The van der Waals surface area contributed by atoms with Crippen LogP contribution in [0.15, 0.2) is 0 Å². The van der Waals surface area contributed by atoms with Crippen LogP contribution in [0.5, 0.6) is 0 Å². The smallest absolute Gasteiger partial charge is 0.414 e. The molecule has 1 unspecified atom stereocenters. The predicted molar refractivity (Wildman–Crippen MR) is 59.3 cm³/mol. The number of aryl methyl sites for hydroxylation is 2. The Hall–Kier alpha value is -1.56. The average molecular weight is 224 g/mol. The summed E-state index contributed by atoms with van der Waals surface area (Å²) in [7, 11) is 0. The Morgan fingerprint density at radius 2 is 2.38 bits per heavy atom. The summed E-state index contributed by atoms with van der Waals surface area (Å²) < 4.78 is 5.21. The van der Waals surface area contributed by atoms with E-state index < -0.39 is 0 Å². The lowest BCUT2D eigenvalue weighted by atomic mass is 10.2. The van der Waals surface area contributed by atoms with Gasteiger partial charge in [0, 0.05) is 0 Å². The first-order chi connectivity index (χ1) is 7.63. The van der Waals surface area contributed by atoms with Crippen molar-refractivity contribution in [3.05, 3.63) is 11.4 Å². The van der Waals surface area contributed by atoms with E-state index in [1.165, 1.54) is 0 Å². The summed E-state index contributed by atoms with van der Waals surface area (Å²) in [5.74, 6) is 0. The number of cyclic esters (lactones) is 1. The number of nitrogens with zero attached hydrogens (tertiary/aromatic N) is 2.